The number of nitrogens with one attached hydrogen (secondary N) is 2. The molecule has 0 spiro atoms. The summed E-state index contributed by atoms with van der Waals surface area (Å²) in [4.78, 5) is 21.9. The van der Waals surface area contributed by atoms with E-state index in [9.17, 15) is 14.9 Å². The lowest BCUT2D eigenvalue weighted by atomic mass is 10.1. The smallest absolute Gasteiger partial charge is 0.272 e. The molecule has 0 radical (unpaired) electrons. The number of nitro benzene ring substituents is 1. The molecular weight excluding hydrogens is 234 g/mol. The first-order valence-electron chi connectivity index (χ1n) is 5.65. The van der Waals surface area contributed by atoms with Crippen molar-refractivity contribution in [1.82, 2.24) is 10.6 Å². The first-order valence-corrected chi connectivity index (χ1v) is 5.65. The Morgan fingerprint density at radius 1 is 1.50 bits per heavy atom. The molecule has 0 aliphatic carbocycles. The first kappa shape index (κ1) is 14.1. The molecule has 1 unspecified atom stereocenters. The standard InChI is InChI=1S/C12H17N3O3/c1-8-10(5-4-6-11(8)15(17)18)7-14-12(16)9(2)13-3/h4-6,9,13H,7H2,1-3H3,(H,14,16). The van der Waals surface area contributed by atoms with Crippen molar-refractivity contribution < 1.29 is 9.72 Å². The van der Waals surface area contributed by atoms with Crippen LogP contribution in [-0.2, 0) is 11.3 Å². The molecule has 1 atom stereocenters. The van der Waals surface area contributed by atoms with Gasteiger partial charge in [0.05, 0.1) is 11.0 Å². The average molecular weight is 251 g/mol. The Hall–Kier alpha value is -1.95. The second kappa shape index (κ2) is 6.11. The Kier molecular flexibility index (Phi) is 4.79. The number of amides is 1. The number of benzene rings is 1. The van der Waals surface area contributed by atoms with E-state index in [4.69, 9.17) is 0 Å². The van der Waals surface area contributed by atoms with E-state index in [0.717, 1.165) is 5.56 Å². The molecule has 6 nitrogen and oxygen atoms in total. The summed E-state index contributed by atoms with van der Waals surface area (Å²) >= 11 is 0. The van der Waals surface area contributed by atoms with Crippen LogP contribution < -0.4 is 10.6 Å². The van der Waals surface area contributed by atoms with Crippen LogP contribution in [0.25, 0.3) is 0 Å². The molecule has 0 heterocycles. The second-order valence-corrected chi connectivity index (χ2v) is 4.05. The first-order chi connectivity index (χ1) is 8.47. The summed E-state index contributed by atoms with van der Waals surface area (Å²) in [6.07, 6.45) is 0. The van der Waals surface area contributed by atoms with E-state index in [2.05, 4.69) is 10.6 Å². The Morgan fingerprint density at radius 3 is 2.72 bits per heavy atom. The lowest BCUT2D eigenvalue weighted by Gasteiger charge is -2.12. The quantitative estimate of drug-likeness (QED) is 0.607. The molecule has 0 saturated carbocycles. The average Bonchev–Trinajstić information content (AvgIpc) is 2.35. The summed E-state index contributed by atoms with van der Waals surface area (Å²) < 4.78 is 0. The number of rotatable bonds is 5. The van der Waals surface area contributed by atoms with Crippen LogP contribution in [0.5, 0.6) is 0 Å². The van der Waals surface area contributed by atoms with E-state index >= 15 is 0 Å². The molecule has 0 aliphatic heterocycles. The lowest BCUT2D eigenvalue weighted by Crippen LogP contribution is -2.40. The number of carbonyl (C=O) groups is 1. The number of likely N-dealkylation sites (N-methyl/N-ethyl adjacent to an activating group) is 1. The molecule has 1 aromatic rings. The maximum atomic E-state index is 11.6. The minimum absolute atomic E-state index is 0.0726. The van der Waals surface area contributed by atoms with Crippen molar-refractivity contribution in [3.63, 3.8) is 0 Å². The van der Waals surface area contributed by atoms with Crippen LogP contribution in [0.2, 0.25) is 0 Å². The van der Waals surface area contributed by atoms with Crippen LogP contribution in [0, 0.1) is 17.0 Å². The largest absolute Gasteiger partial charge is 0.351 e. The number of carbonyl (C=O) groups excluding carboxylic acids is 1. The predicted molar refractivity (Wildman–Crippen MR) is 68.2 cm³/mol. The zero-order chi connectivity index (χ0) is 13.7. The van der Waals surface area contributed by atoms with Crippen LogP contribution in [0.3, 0.4) is 0 Å². The molecule has 98 valence electrons. The molecule has 2 N–H and O–H groups in total. The van der Waals surface area contributed by atoms with Gasteiger partial charge in [-0.25, -0.2) is 0 Å². The Labute approximate surface area is 106 Å². The van der Waals surface area contributed by atoms with Gasteiger partial charge in [-0.2, -0.15) is 0 Å². The van der Waals surface area contributed by atoms with Crippen molar-refractivity contribution in [3.8, 4) is 0 Å². The highest BCUT2D eigenvalue weighted by molar-refractivity contribution is 5.81. The van der Waals surface area contributed by atoms with Crippen LogP contribution in [0.15, 0.2) is 18.2 Å². The predicted octanol–water partition coefficient (Wildman–Crippen LogP) is 1.13. The molecule has 0 saturated heterocycles. The van der Waals surface area contributed by atoms with Crippen LogP contribution in [-0.4, -0.2) is 23.9 Å². The van der Waals surface area contributed by atoms with Crippen molar-refractivity contribution >= 4 is 11.6 Å². The van der Waals surface area contributed by atoms with Crippen LogP contribution in [0.1, 0.15) is 18.1 Å². The number of hydrogen-bond acceptors (Lipinski definition) is 4. The highest BCUT2D eigenvalue weighted by atomic mass is 16.6. The molecule has 18 heavy (non-hydrogen) atoms. The van der Waals surface area contributed by atoms with Gasteiger partial charge in [0.25, 0.3) is 5.69 Å². The Bertz CT molecular complexity index is 460. The molecule has 0 aliphatic rings. The minimum Gasteiger partial charge on any atom is -0.351 e. The monoisotopic (exact) mass is 251 g/mol. The van der Waals surface area contributed by atoms with Gasteiger partial charge in [0.1, 0.15) is 0 Å². The normalized spacial score (nSPS) is 11.9. The van der Waals surface area contributed by atoms with Gasteiger partial charge in [0.15, 0.2) is 0 Å². The summed E-state index contributed by atoms with van der Waals surface area (Å²) in [7, 11) is 1.70. The van der Waals surface area contributed by atoms with E-state index in [1.54, 1.807) is 33.0 Å². The third-order valence-corrected chi connectivity index (χ3v) is 2.89. The van der Waals surface area contributed by atoms with Crippen molar-refractivity contribution in [2.45, 2.75) is 26.4 Å². The summed E-state index contributed by atoms with van der Waals surface area (Å²) in [6, 6.07) is 4.56. The maximum absolute atomic E-state index is 11.6. The van der Waals surface area contributed by atoms with Crippen molar-refractivity contribution in [2.24, 2.45) is 0 Å². The number of nitrogens with zero attached hydrogens (tertiary/aromatic N) is 1. The number of hydrogen-bond donors (Lipinski definition) is 2. The van der Waals surface area contributed by atoms with E-state index in [1.165, 1.54) is 6.07 Å². The second-order valence-electron chi connectivity index (χ2n) is 4.05. The van der Waals surface area contributed by atoms with Gasteiger partial charge < -0.3 is 10.6 Å². The van der Waals surface area contributed by atoms with Crippen molar-refractivity contribution in [3.05, 3.63) is 39.4 Å². The molecule has 0 aromatic heterocycles. The topological polar surface area (TPSA) is 84.3 Å². The highest BCUT2D eigenvalue weighted by Gasteiger charge is 2.14. The Morgan fingerprint density at radius 2 is 2.17 bits per heavy atom. The SMILES string of the molecule is CNC(C)C(=O)NCc1cccc([N+](=O)[O-])c1C. The summed E-state index contributed by atoms with van der Waals surface area (Å²) in [5.74, 6) is -0.136. The van der Waals surface area contributed by atoms with Gasteiger partial charge in [-0.3, -0.25) is 14.9 Å². The zero-order valence-corrected chi connectivity index (χ0v) is 10.7. The molecule has 0 bridgehead atoms. The molecular formula is C12H17N3O3. The molecule has 6 heteroatoms. The third-order valence-electron chi connectivity index (χ3n) is 2.89. The van der Waals surface area contributed by atoms with Gasteiger partial charge in [0.2, 0.25) is 5.91 Å². The fourth-order valence-corrected chi connectivity index (χ4v) is 1.53. The summed E-state index contributed by atoms with van der Waals surface area (Å²) in [5.41, 5.74) is 1.41. The van der Waals surface area contributed by atoms with Gasteiger partial charge in [0, 0.05) is 18.2 Å². The van der Waals surface area contributed by atoms with E-state index in [1.807, 2.05) is 0 Å². The molecule has 1 aromatic carbocycles. The van der Waals surface area contributed by atoms with Gasteiger partial charge in [-0.05, 0) is 26.5 Å². The van der Waals surface area contributed by atoms with Gasteiger partial charge in [-0.15, -0.1) is 0 Å². The van der Waals surface area contributed by atoms with Gasteiger partial charge in [-0.1, -0.05) is 12.1 Å². The third kappa shape index (κ3) is 3.27. The highest BCUT2D eigenvalue weighted by Crippen LogP contribution is 2.20. The zero-order valence-electron chi connectivity index (χ0n) is 10.7. The number of nitro groups is 1. The lowest BCUT2D eigenvalue weighted by molar-refractivity contribution is -0.385. The van der Waals surface area contributed by atoms with E-state index < -0.39 is 4.92 Å². The fraction of sp³-hybridized carbons (Fsp3) is 0.417. The van der Waals surface area contributed by atoms with E-state index in [-0.39, 0.29) is 17.6 Å². The summed E-state index contributed by atoms with van der Waals surface area (Å²) in [5, 5.41) is 16.3. The van der Waals surface area contributed by atoms with Gasteiger partial charge >= 0.3 is 0 Å². The van der Waals surface area contributed by atoms with Crippen molar-refractivity contribution in [2.75, 3.05) is 7.05 Å². The van der Waals surface area contributed by atoms with Crippen LogP contribution in [0.4, 0.5) is 5.69 Å². The fourth-order valence-electron chi connectivity index (χ4n) is 1.53. The van der Waals surface area contributed by atoms with Crippen molar-refractivity contribution in [1.29, 1.82) is 0 Å². The molecule has 1 rings (SSSR count). The maximum Gasteiger partial charge on any atom is 0.272 e. The summed E-state index contributed by atoms with van der Waals surface area (Å²) in [6.45, 7) is 3.72. The molecule has 0 fully saturated rings. The molecule has 1 amide bonds. The van der Waals surface area contributed by atoms with Crippen LogP contribution >= 0.6 is 0 Å². The van der Waals surface area contributed by atoms with E-state index in [0.29, 0.717) is 12.1 Å². The minimum atomic E-state index is -0.420. The Balaban J connectivity index is 2.77.